The van der Waals surface area contributed by atoms with E-state index in [0.717, 1.165) is 6.54 Å². The van der Waals surface area contributed by atoms with E-state index in [-0.39, 0.29) is 10.6 Å². The molecule has 1 saturated carbocycles. The van der Waals surface area contributed by atoms with Crippen molar-refractivity contribution in [1.82, 2.24) is 0 Å². The van der Waals surface area contributed by atoms with E-state index in [1.54, 1.807) is 12.1 Å². The van der Waals surface area contributed by atoms with Gasteiger partial charge in [-0.25, -0.2) is 0 Å². The lowest BCUT2D eigenvalue weighted by Gasteiger charge is -2.29. The van der Waals surface area contributed by atoms with Gasteiger partial charge in [-0.3, -0.25) is 10.1 Å². The molecule has 1 aliphatic carbocycles. The van der Waals surface area contributed by atoms with Crippen molar-refractivity contribution in [2.75, 3.05) is 11.9 Å². The summed E-state index contributed by atoms with van der Waals surface area (Å²) in [5.41, 5.74) is 0.614. The van der Waals surface area contributed by atoms with Crippen molar-refractivity contribution < 1.29 is 4.92 Å². The minimum atomic E-state index is -0.372. The third-order valence-electron chi connectivity index (χ3n) is 4.00. The first-order valence-electron chi connectivity index (χ1n) is 6.75. The first-order chi connectivity index (χ1) is 9.08. The largest absolute Gasteiger partial charge is 0.379 e. The maximum absolute atomic E-state index is 11.0. The van der Waals surface area contributed by atoms with Gasteiger partial charge in [0.1, 0.15) is 5.69 Å². The molecule has 0 radical (unpaired) electrons. The number of anilines is 1. The molecule has 104 valence electrons. The standard InChI is InChI=1S/C14H19ClN2O2/c1-10-4-2-3-5-11(10)9-16-13-8-12(15)6-7-14(13)17(18)19/h6-8,10-11,16H,2-5,9H2,1H3. The number of hydrogen-bond acceptors (Lipinski definition) is 3. The van der Waals surface area contributed by atoms with Crippen LogP contribution in [0.15, 0.2) is 18.2 Å². The number of benzene rings is 1. The van der Waals surface area contributed by atoms with E-state index < -0.39 is 0 Å². The Kier molecular flexibility index (Phi) is 4.64. The average Bonchev–Trinajstić information content (AvgIpc) is 2.37. The Morgan fingerprint density at radius 3 is 2.84 bits per heavy atom. The Balaban J connectivity index is 2.05. The van der Waals surface area contributed by atoms with Gasteiger partial charge in [-0.15, -0.1) is 0 Å². The molecule has 0 amide bonds. The molecule has 1 aliphatic rings. The van der Waals surface area contributed by atoms with Gasteiger partial charge >= 0.3 is 0 Å². The van der Waals surface area contributed by atoms with Crippen molar-refractivity contribution in [3.05, 3.63) is 33.3 Å². The van der Waals surface area contributed by atoms with Gasteiger partial charge in [-0.1, -0.05) is 37.8 Å². The van der Waals surface area contributed by atoms with Crippen molar-refractivity contribution in [3.63, 3.8) is 0 Å². The predicted molar refractivity (Wildman–Crippen MR) is 77.7 cm³/mol. The summed E-state index contributed by atoms with van der Waals surface area (Å²) >= 11 is 5.91. The van der Waals surface area contributed by atoms with Gasteiger partial charge in [0.25, 0.3) is 5.69 Å². The van der Waals surface area contributed by atoms with E-state index in [4.69, 9.17) is 11.6 Å². The fourth-order valence-corrected chi connectivity index (χ4v) is 2.92. The molecule has 0 heterocycles. The Morgan fingerprint density at radius 1 is 1.42 bits per heavy atom. The number of hydrogen-bond donors (Lipinski definition) is 1. The quantitative estimate of drug-likeness (QED) is 0.654. The second-order valence-corrected chi connectivity index (χ2v) is 5.76. The summed E-state index contributed by atoms with van der Waals surface area (Å²) in [5, 5.41) is 14.7. The molecule has 1 N–H and O–H groups in total. The highest BCUT2D eigenvalue weighted by Crippen LogP contribution is 2.32. The van der Waals surface area contributed by atoms with Crippen LogP contribution in [0.5, 0.6) is 0 Å². The number of nitro benzene ring substituents is 1. The highest BCUT2D eigenvalue weighted by molar-refractivity contribution is 6.31. The molecule has 2 rings (SSSR count). The second-order valence-electron chi connectivity index (χ2n) is 5.32. The van der Waals surface area contributed by atoms with Crippen LogP contribution in [0, 0.1) is 22.0 Å². The fraction of sp³-hybridized carbons (Fsp3) is 0.571. The minimum Gasteiger partial charge on any atom is -0.379 e. The molecular formula is C14H19ClN2O2. The summed E-state index contributed by atoms with van der Waals surface area (Å²) in [6.45, 7) is 3.04. The molecule has 5 heteroatoms. The fourth-order valence-electron chi connectivity index (χ4n) is 2.75. The molecule has 0 saturated heterocycles. The molecule has 4 nitrogen and oxygen atoms in total. The molecule has 0 aromatic heterocycles. The lowest BCUT2D eigenvalue weighted by molar-refractivity contribution is -0.384. The SMILES string of the molecule is CC1CCCCC1CNc1cc(Cl)ccc1[N+](=O)[O-]. The van der Waals surface area contributed by atoms with Gasteiger partial charge in [-0.2, -0.15) is 0 Å². The number of halogens is 1. The molecule has 1 aromatic rings. The lowest BCUT2D eigenvalue weighted by atomic mass is 9.80. The van der Waals surface area contributed by atoms with Crippen LogP contribution in [-0.2, 0) is 0 Å². The predicted octanol–water partition coefficient (Wildman–Crippen LogP) is 4.49. The highest BCUT2D eigenvalue weighted by atomic mass is 35.5. The normalized spacial score (nSPS) is 23.1. The number of rotatable bonds is 4. The Bertz CT molecular complexity index is 465. The molecule has 2 atom stereocenters. The molecular weight excluding hydrogens is 264 g/mol. The molecule has 0 aliphatic heterocycles. The topological polar surface area (TPSA) is 55.2 Å². The zero-order chi connectivity index (χ0) is 13.8. The summed E-state index contributed by atoms with van der Waals surface area (Å²) in [4.78, 5) is 10.6. The summed E-state index contributed by atoms with van der Waals surface area (Å²) in [5.74, 6) is 1.27. The van der Waals surface area contributed by atoms with Crippen LogP contribution in [-0.4, -0.2) is 11.5 Å². The third kappa shape index (κ3) is 3.60. The lowest BCUT2D eigenvalue weighted by Crippen LogP contribution is -2.24. The molecule has 0 spiro atoms. The van der Waals surface area contributed by atoms with Crippen LogP contribution in [0.3, 0.4) is 0 Å². The van der Waals surface area contributed by atoms with Gasteiger partial charge < -0.3 is 5.32 Å². The van der Waals surface area contributed by atoms with Crippen molar-refractivity contribution in [1.29, 1.82) is 0 Å². The van der Waals surface area contributed by atoms with Crippen LogP contribution >= 0.6 is 11.6 Å². The van der Waals surface area contributed by atoms with Crippen LogP contribution in [0.25, 0.3) is 0 Å². The van der Waals surface area contributed by atoms with Gasteiger partial charge in [0, 0.05) is 17.6 Å². The Hall–Kier alpha value is -1.29. The van der Waals surface area contributed by atoms with E-state index in [9.17, 15) is 10.1 Å². The molecule has 0 bridgehead atoms. The number of nitrogens with zero attached hydrogens (tertiary/aromatic N) is 1. The van der Waals surface area contributed by atoms with E-state index in [1.807, 2.05) is 0 Å². The highest BCUT2D eigenvalue weighted by Gasteiger charge is 2.22. The van der Waals surface area contributed by atoms with Gasteiger partial charge in [0.15, 0.2) is 0 Å². The van der Waals surface area contributed by atoms with Crippen molar-refractivity contribution in [2.45, 2.75) is 32.6 Å². The van der Waals surface area contributed by atoms with E-state index in [2.05, 4.69) is 12.2 Å². The Labute approximate surface area is 118 Å². The molecule has 19 heavy (non-hydrogen) atoms. The monoisotopic (exact) mass is 282 g/mol. The van der Waals surface area contributed by atoms with Gasteiger partial charge in [-0.05, 0) is 30.4 Å². The molecule has 1 aromatic carbocycles. The number of nitro groups is 1. The van der Waals surface area contributed by atoms with Gasteiger partial charge in [0.2, 0.25) is 0 Å². The van der Waals surface area contributed by atoms with Crippen LogP contribution in [0.4, 0.5) is 11.4 Å². The van der Waals surface area contributed by atoms with E-state index in [0.29, 0.717) is 22.5 Å². The third-order valence-corrected chi connectivity index (χ3v) is 4.23. The van der Waals surface area contributed by atoms with E-state index in [1.165, 1.54) is 31.7 Å². The van der Waals surface area contributed by atoms with Crippen molar-refractivity contribution in [3.8, 4) is 0 Å². The first kappa shape index (κ1) is 14.1. The summed E-state index contributed by atoms with van der Waals surface area (Å²) in [7, 11) is 0. The smallest absolute Gasteiger partial charge is 0.292 e. The zero-order valence-corrected chi connectivity index (χ0v) is 11.8. The minimum absolute atomic E-state index is 0.0906. The van der Waals surface area contributed by atoms with Gasteiger partial charge in [0.05, 0.1) is 4.92 Å². The van der Waals surface area contributed by atoms with Crippen molar-refractivity contribution in [2.24, 2.45) is 11.8 Å². The van der Waals surface area contributed by atoms with E-state index >= 15 is 0 Å². The van der Waals surface area contributed by atoms with Crippen LogP contribution in [0.2, 0.25) is 5.02 Å². The molecule has 1 fully saturated rings. The van der Waals surface area contributed by atoms with Crippen LogP contribution < -0.4 is 5.32 Å². The maximum Gasteiger partial charge on any atom is 0.292 e. The maximum atomic E-state index is 11.0. The average molecular weight is 283 g/mol. The summed E-state index contributed by atoms with van der Waals surface area (Å²) < 4.78 is 0. The second kappa shape index (κ2) is 6.24. The molecule has 2 unspecified atom stereocenters. The summed E-state index contributed by atoms with van der Waals surface area (Å²) in [6.07, 6.45) is 5.01. The van der Waals surface area contributed by atoms with Crippen LogP contribution in [0.1, 0.15) is 32.6 Å². The zero-order valence-electron chi connectivity index (χ0n) is 11.1. The summed E-state index contributed by atoms with van der Waals surface area (Å²) in [6, 6.07) is 4.64. The first-order valence-corrected chi connectivity index (χ1v) is 7.13. The Morgan fingerprint density at radius 2 is 2.16 bits per heavy atom. The number of nitrogens with one attached hydrogen (secondary N) is 1. The van der Waals surface area contributed by atoms with Crippen molar-refractivity contribution >= 4 is 23.0 Å².